The zero-order valence-corrected chi connectivity index (χ0v) is 14.9. The lowest BCUT2D eigenvalue weighted by atomic mass is 10.0. The van der Waals surface area contributed by atoms with Crippen LogP contribution in [0.5, 0.6) is 0 Å². The standard InChI is InChI=1S/C14H23BrN2S2/c1-3-5-16-12(9-14-11(15)4-7-19-14)13-10-18-8-6-17(13)2/h4,7,12-13,16H,3,5-6,8-10H2,1-2H3. The minimum absolute atomic E-state index is 0.563. The lowest BCUT2D eigenvalue weighted by Gasteiger charge is -2.38. The summed E-state index contributed by atoms with van der Waals surface area (Å²) in [6, 6.07) is 3.38. The van der Waals surface area contributed by atoms with Crippen LogP contribution in [0.15, 0.2) is 15.9 Å². The van der Waals surface area contributed by atoms with E-state index in [1.54, 1.807) is 0 Å². The first kappa shape index (κ1) is 15.8. The maximum Gasteiger partial charge on any atom is 0.0340 e. The molecular weight excluding hydrogens is 340 g/mol. The molecule has 1 fully saturated rings. The van der Waals surface area contributed by atoms with Crippen molar-refractivity contribution >= 4 is 39.0 Å². The molecular formula is C14H23BrN2S2. The average molecular weight is 363 g/mol. The van der Waals surface area contributed by atoms with Gasteiger partial charge in [0.2, 0.25) is 0 Å². The topological polar surface area (TPSA) is 15.3 Å². The summed E-state index contributed by atoms with van der Waals surface area (Å²) in [4.78, 5) is 4.00. The normalized spacial score (nSPS) is 22.6. The van der Waals surface area contributed by atoms with Crippen LogP contribution in [0.3, 0.4) is 0 Å². The Labute approximate surface area is 133 Å². The van der Waals surface area contributed by atoms with Crippen molar-refractivity contribution in [3.8, 4) is 0 Å². The zero-order chi connectivity index (χ0) is 13.7. The van der Waals surface area contributed by atoms with Gasteiger partial charge in [-0.05, 0) is 53.8 Å². The van der Waals surface area contributed by atoms with Crippen molar-refractivity contribution in [1.29, 1.82) is 0 Å². The molecule has 108 valence electrons. The molecule has 2 nitrogen and oxygen atoms in total. The van der Waals surface area contributed by atoms with E-state index < -0.39 is 0 Å². The maximum absolute atomic E-state index is 3.77. The Hall–Kier alpha value is 0.450. The van der Waals surface area contributed by atoms with Crippen molar-refractivity contribution in [3.05, 3.63) is 20.8 Å². The predicted octanol–water partition coefficient (Wildman–Crippen LogP) is 3.47. The Balaban J connectivity index is 2.04. The molecule has 2 heterocycles. The van der Waals surface area contributed by atoms with Gasteiger partial charge in [0.15, 0.2) is 0 Å². The molecule has 5 heteroatoms. The average Bonchev–Trinajstić information content (AvgIpc) is 2.81. The fraction of sp³-hybridized carbons (Fsp3) is 0.714. The zero-order valence-electron chi connectivity index (χ0n) is 11.7. The van der Waals surface area contributed by atoms with Crippen LogP contribution < -0.4 is 5.32 Å². The van der Waals surface area contributed by atoms with Gasteiger partial charge in [-0.2, -0.15) is 11.8 Å². The van der Waals surface area contributed by atoms with Gasteiger partial charge in [-0.15, -0.1) is 11.3 Å². The van der Waals surface area contributed by atoms with E-state index in [0.29, 0.717) is 12.1 Å². The number of hydrogen-bond donors (Lipinski definition) is 1. The molecule has 2 atom stereocenters. The molecule has 0 saturated carbocycles. The van der Waals surface area contributed by atoms with Crippen molar-refractivity contribution in [1.82, 2.24) is 10.2 Å². The molecule has 1 aliphatic heterocycles. The van der Waals surface area contributed by atoms with Crippen LogP contribution in [0.1, 0.15) is 18.2 Å². The fourth-order valence-corrected chi connectivity index (χ4v) is 5.36. The van der Waals surface area contributed by atoms with Crippen LogP contribution in [-0.4, -0.2) is 48.6 Å². The monoisotopic (exact) mass is 362 g/mol. The molecule has 1 aromatic heterocycles. The molecule has 1 aromatic rings. The van der Waals surface area contributed by atoms with Gasteiger partial charge in [0, 0.05) is 39.5 Å². The summed E-state index contributed by atoms with van der Waals surface area (Å²) < 4.78 is 1.27. The summed E-state index contributed by atoms with van der Waals surface area (Å²) in [5.41, 5.74) is 0. The van der Waals surface area contributed by atoms with Gasteiger partial charge in [0.05, 0.1) is 0 Å². The molecule has 0 spiro atoms. The van der Waals surface area contributed by atoms with E-state index in [0.717, 1.165) is 13.0 Å². The predicted molar refractivity (Wildman–Crippen MR) is 91.5 cm³/mol. The number of rotatable bonds is 6. The van der Waals surface area contributed by atoms with E-state index in [1.807, 2.05) is 11.3 Å². The van der Waals surface area contributed by atoms with E-state index in [4.69, 9.17) is 0 Å². The summed E-state index contributed by atoms with van der Waals surface area (Å²) in [6.45, 7) is 4.57. The number of nitrogens with zero attached hydrogens (tertiary/aromatic N) is 1. The molecule has 0 aliphatic carbocycles. The first-order valence-corrected chi connectivity index (χ1v) is 9.78. The highest BCUT2D eigenvalue weighted by Gasteiger charge is 2.28. The van der Waals surface area contributed by atoms with Crippen LogP contribution in [0.4, 0.5) is 0 Å². The molecule has 1 aliphatic rings. The second-order valence-corrected chi connectivity index (χ2v) is 8.08. The van der Waals surface area contributed by atoms with Gasteiger partial charge in [-0.1, -0.05) is 6.92 Å². The van der Waals surface area contributed by atoms with Gasteiger partial charge in [0.25, 0.3) is 0 Å². The third kappa shape index (κ3) is 4.46. The second-order valence-electron chi connectivity index (χ2n) is 5.08. The Morgan fingerprint density at radius 2 is 2.42 bits per heavy atom. The lowest BCUT2D eigenvalue weighted by Crippen LogP contribution is -2.53. The van der Waals surface area contributed by atoms with Gasteiger partial charge >= 0.3 is 0 Å². The summed E-state index contributed by atoms with van der Waals surface area (Å²) in [6.07, 6.45) is 2.33. The van der Waals surface area contributed by atoms with E-state index in [-0.39, 0.29) is 0 Å². The number of nitrogens with one attached hydrogen (secondary N) is 1. The third-order valence-electron chi connectivity index (χ3n) is 3.66. The maximum atomic E-state index is 3.77. The van der Waals surface area contributed by atoms with Crippen LogP contribution >= 0.6 is 39.0 Å². The fourth-order valence-electron chi connectivity index (χ4n) is 2.47. The molecule has 2 unspecified atom stereocenters. The number of hydrogen-bond acceptors (Lipinski definition) is 4. The molecule has 1 N–H and O–H groups in total. The largest absolute Gasteiger partial charge is 0.312 e. The van der Waals surface area contributed by atoms with Gasteiger partial charge in [-0.3, -0.25) is 0 Å². The number of thiophene rings is 1. The highest BCUT2D eigenvalue weighted by Crippen LogP contribution is 2.27. The highest BCUT2D eigenvalue weighted by atomic mass is 79.9. The molecule has 0 bridgehead atoms. The van der Waals surface area contributed by atoms with Crippen molar-refractivity contribution in [2.45, 2.75) is 31.8 Å². The Kier molecular flexibility index (Phi) is 6.69. The van der Waals surface area contributed by atoms with E-state index >= 15 is 0 Å². The first-order chi connectivity index (χ1) is 9.22. The molecule has 1 saturated heterocycles. The summed E-state index contributed by atoms with van der Waals surface area (Å²) >= 11 is 7.63. The smallest absolute Gasteiger partial charge is 0.0340 e. The van der Waals surface area contributed by atoms with Crippen molar-refractivity contribution in [2.24, 2.45) is 0 Å². The Morgan fingerprint density at radius 3 is 3.05 bits per heavy atom. The van der Waals surface area contributed by atoms with Crippen LogP contribution in [0.2, 0.25) is 0 Å². The summed E-state index contributed by atoms with van der Waals surface area (Å²) in [7, 11) is 2.27. The van der Waals surface area contributed by atoms with Gasteiger partial charge in [0.1, 0.15) is 0 Å². The number of likely N-dealkylation sites (N-methyl/N-ethyl adjacent to an activating group) is 1. The van der Waals surface area contributed by atoms with Gasteiger partial charge < -0.3 is 10.2 Å². The first-order valence-electron chi connectivity index (χ1n) is 6.95. The Morgan fingerprint density at radius 1 is 1.58 bits per heavy atom. The minimum atomic E-state index is 0.563. The SMILES string of the molecule is CCCNC(Cc1sccc1Br)C1CSCCN1C. The minimum Gasteiger partial charge on any atom is -0.312 e. The van der Waals surface area contributed by atoms with E-state index in [9.17, 15) is 0 Å². The van der Waals surface area contributed by atoms with Crippen molar-refractivity contribution in [2.75, 3.05) is 31.6 Å². The van der Waals surface area contributed by atoms with Crippen LogP contribution in [-0.2, 0) is 6.42 Å². The summed E-state index contributed by atoms with van der Waals surface area (Å²) in [5, 5.41) is 5.94. The number of thioether (sulfide) groups is 1. The highest BCUT2D eigenvalue weighted by molar-refractivity contribution is 9.10. The quantitative estimate of drug-likeness (QED) is 0.833. The second kappa shape index (κ2) is 8.03. The van der Waals surface area contributed by atoms with Gasteiger partial charge in [-0.25, -0.2) is 0 Å². The molecule has 0 amide bonds. The van der Waals surface area contributed by atoms with E-state index in [1.165, 1.54) is 33.8 Å². The Bertz CT molecular complexity index is 383. The molecule has 2 rings (SSSR count). The van der Waals surface area contributed by atoms with Crippen molar-refractivity contribution < 1.29 is 0 Å². The molecule has 0 radical (unpaired) electrons. The molecule has 0 aromatic carbocycles. The van der Waals surface area contributed by atoms with Crippen molar-refractivity contribution in [3.63, 3.8) is 0 Å². The summed E-state index contributed by atoms with van der Waals surface area (Å²) in [5.74, 6) is 2.52. The number of halogens is 1. The lowest BCUT2D eigenvalue weighted by molar-refractivity contribution is 0.214. The third-order valence-corrected chi connectivity index (χ3v) is 6.66. The molecule has 19 heavy (non-hydrogen) atoms. The van der Waals surface area contributed by atoms with E-state index in [2.05, 4.69) is 63.3 Å². The van der Waals surface area contributed by atoms with Crippen LogP contribution in [0.25, 0.3) is 0 Å². The van der Waals surface area contributed by atoms with Crippen LogP contribution in [0, 0.1) is 0 Å².